The Balaban J connectivity index is 1.38. The maximum atomic E-state index is 12.5. The SMILES string of the molecule is Cc1ccc(Cl)c(Oc2cc(N3CCN(C(=O)Cc4cccs4)CC3)ncn2)c1. The molecule has 3 heterocycles. The first kappa shape index (κ1) is 19.7. The van der Waals surface area contributed by atoms with Gasteiger partial charge in [-0.25, -0.2) is 9.97 Å². The minimum Gasteiger partial charge on any atom is -0.437 e. The van der Waals surface area contributed by atoms with Crippen molar-refractivity contribution in [3.05, 3.63) is 63.6 Å². The zero-order chi connectivity index (χ0) is 20.2. The smallest absolute Gasteiger partial charge is 0.227 e. The van der Waals surface area contributed by atoms with Crippen molar-refractivity contribution in [2.24, 2.45) is 0 Å². The predicted octanol–water partition coefficient (Wildman–Crippen LogP) is 4.18. The summed E-state index contributed by atoms with van der Waals surface area (Å²) in [5.74, 6) is 1.97. The summed E-state index contributed by atoms with van der Waals surface area (Å²) in [7, 11) is 0. The molecule has 8 heteroatoms. The van der Waals surface area contributed by atoms with Crippen molar-refractivity contribution in [3.63, 3.8) is 0 Å². The summed E-state index contributed by atoms with van der Waals surface area (Å²) >= 11 is 7.83. The number of piperazine rings is 1. The van der Waals surface area contributed by atoms with E-state index in [1.54, 1.807) is 17.4 Å². The molecule has 1 aliphatic rings. The van der Waals surface area contributed by atoms with Crippen molar-refractivity contribution in [1.29, 1.82) is 0 Å². The summed E-state index contributed by atoms with van der Waals surface area (Å²) < 4.78 is 5.87. The molecule has 1 saturated heterocycles. The van der Waals surface area contributed by atoms with E-state index in [9.17, 15) is 4.79 Å². The second-order valence-electron chi connectivity index (χ2n) is 6.87. The van der Waals surface area contributed by atoms with Crippen molar-refractivity contribution in [3.8, 4) is 11.6 Å². The highest BCUT2D eigenvalue weighted by atomic mass is 35.5. The van der Waals surface area contributed by atoms with Crippen LogP contribution in [0.1, 0.15) is 10.4 Å². The standard InChI is InChI=1S/C21H21ClN4O2S/c1-15-4-5-17(22)18(11-15)28-20-13-19(23-14-24-20)25-6-8-26(9-7-25)21(27)12-16-3-2-10-29-16/h2-5,10-11,13-14H,6-9,12H2,1H3. The number of hydrogen-bond acceptors (Lipinski definition) is 6. The second kappa shape index (κ2) is 8.80. The molecule has 6 nitrogen and oxygen atoms in total. The summed E-state index contributed by atoms with van der Waals surface area (Å²) in [6, 6.07) is 11.4. The monoisotopic (exact) mass is 428 g/mol. The van der Waals surface area contributed by atoms with E-state index in [1.807, 2.05) is 47.5 Å². The minimum absolute atomic E-state index is 0.174. The van der Waals surface area contributed by atoms with Gasteiger partial charge in [0, 0.05) is 37.1 Å². The lowest BCUT2D eigenvalue weighted by Gasteiger charge is -2.35. The Bertz CT molecular complexity index is 988. The number of aryl methyl sites for hydroxylation is 1. The third-order valence-corrected chi connectivity index (χ3v) is 5.98. The van der Waals surface area contributed by atoms with Crippen LogP contribution in [0.2, 0.25) is 5.02 Å². The van der Waals surface area contributed by atoms with Gasteiger partial charge in [0.2, 0.25) is 11.8 Å². The maximum absolute atomic E-state index is 12.5. The number of amides is 1. The van der Waals surface area contributed by atoms with E-state index in [0.717, 1.165) is 29.3 Å². The number of benzene rings is 1. The maximum Gasteiger partial charge on any atom is 0.227 e. The third-order valence-electron chi connectivity index (χ3n) is 4.79. The van der Waals surface area contributed by atoms with Gasteiger partial charge in [-0.1, -0.05) is 23.7 Å². The number of rotatable bonds is 5. The van der Waals surface area contributed by atoms with Crippen molar-refractivity contribution in [2.75, 3.05) is 31.1 Å². The topological polar surface area (TPSA) is 58.6 Å². The molecule has 1 amide bonds. The normalized spacial score (nSPS) is 14.1. The zero-order valence-electron chi connectivity index (χ0n) is 16.0. The molecule has 1 fully saturated rings. The van der Waals surface area contributed by atoms with Crippen LogP contribution in [0.25, 0.3) is 0 Å². The van der Waals surface area contributed by atoms with Gasteiger partial charge in [0.25, 0.3) is 0 Å². The van der Waals surface area contributed by atoms with Crippen LogP contribution in [-0.2, 0) is 11.2 Å². The third kappa shape index (κ3) is 4.86. The van der Waals surface area contributed by atoms with Crippen LogP contribution in [0.4, 0.5) is 5.82 Å². The van der Waals surface area contributed by atoms with Gasteiger partial charge in [0.05, 0.1) is 11.4 Å². The van der Waals surface area contributed by atoms with Gasteiger partial charge in [-0.15, -0.1) is 11.3 Å². The molecule has 0 N–H and O–H groups in total. The lowest BCUT2D eigenvalue weighted by molar-refractivity contribution is -0.130. The molecule has 1 aliphatic heterocycles. The van der Waals surface area contributed by atoms with E-state index >= 15 is 0 Å². The van der Waals surface area contributed by atoms with Gasteiger partial charge in [0.15, 0.2) is 0 Å². The van der Waals surface area contributed by atoms with Gasteiger partial charge >= 0.3 is 0 Å². The number of carbonyl (C=O) groups excluding carboxylic acids is 1. The Kier molecular flexibility index (Phi) is 5.97. The molecule has 0 bridgehead atoms. The van der Waals surface area contributed by atoms with Crippen molar-refractivity contribution in [1.82, 2.24) is 14.9 Å². The van der Waals surface area contributed by atoms with Gasteiger partial charge < -0.3 is 14.5 Å². The molecule has 4 rings (SSSR count). The van der Waals surface area contributed by atoms with Crippen molar-refractivity contribution in [2.45, 2.75) is 13.3 Å². The number of carbonyl (C=O) groups is 1. The molecule has 1 aromatic carbocycles. The Labute approximate surface area is 178 Å². The molecule has 0 unspecified atom stereocenters. The number of halogens is 1. The van der Waals surface area contributed by atoms with E-state index in [2.05, 4.69) is 14.9 Å². The molecule has 0 atom stereocenters. The number of anilines is 1. The van der Waals surface area contributed by atoms with Crippen LogP contribution in [-0.4, -0.2) is 47.0 Å². The second-order valence-corrected chi connectivity index (χ2v) is 8.31. The van der Waals surface area contributed by atoms with Crippen LogP contribution in [0.5, 0.6) is 11.6 Å². The van der Waals surface area contributed by atoms with Crippen LogP contribution < -0.4 is 9.64 Å². The average molecular weight is 429 g/mol. The van der Waals surface area contributed by atoms with Crippen molar-refractivity contribution >= 4 is 34.7 Å². The molecule has 3 aromatic rings. The van der Waals surface area contributed by atoms with Crippen molar-refractivity contribution < 1.29 is 9.53 Å². The van der Waals surface area contributed by atoms with Gasteiger partial charge in [-0.2, -0.15) is 0 Å². The van der Waals surface area contributed by atoms with Crippen LogP contribution in [0.3, 0.4) is 0 Å². The van der Waals surface area contributed by atoms with Crippen LogP contribution in [0.15, 0.2) is 48.1 Å². The fourth-order valence-corrected chi connectivity index (χ4v) is 4.07. The molecule has 29 heavy (non-hydrogen) atoms. The first-order valence-electron chi connectivity index (χ1n) is 9.39. The highest BCUT2D eigenvalue weighted by Crippen LogP contribution is 2.30. The fourth-order valence-electron chi connectivity index (χ4n) is 3.22. The number of nitrogens with zero attached hydrogens (tertiary/aromatic N) is 4. The molecule has 150 valence electrons. The zero-order valence-corrected chi connectivity index (χ0v) is 17.6. The summed E-state index contributed by atoms with van der Waals surface area (Å²) in [6.45, 7) is 4.77. The van der Waals surface area contributed by atoms with E-state index in [0.29, 0.717) is 36.2 Å². The lowest BCUT2D eigenvalue weighted by atomic mass is 10.2. The van der Waals surface area contributed by atoms with E-state index in [1.165, 1.54) is 6.33 Å². The summed E-state index contributed by atoms with van der Waals surface area (Å²) in [4.78, 5) is 26.2. The first-order chi connectivity index (χ1) is 14.1. The molecule has 0 radical (unpaired) electrons. The van der Waals surface area contributed by atoms with Crippen LogP contribution in [0, 0.1) is 6.92 Å². The Morgan fingerprint density at radius 1 is 1.17 bits per heavy atom. The summed E-state index contributed by atoms with van der Waals surface area (Å²) in [5.41, 5.74) is 1.06. The lowest BCUT2D eigenvalue weighted by Crippen LogP contribution is -2.49. The first-order valence-corrected chi connectivity index (χ1v) is 10.7. The average Bonchev–Trinajstić information content (AvgIpc) is 3.24. The number of hydrogen-bond donors (Lipinski definition) is 0. The predicted molar refractivity (Wildman–Crippen MR) is 115 cm³/mol. The van der Waals surface area contributed by atoms with Gasteiger partial charge in [-0.3, -0.25) is 4.79 Å². The number of ether oxygens (including phenoxy) is 1. The minimum atomic E-state index is 0.174. The molecular formula is C21H21ClN4O2S. The molecule has 0 aliphatic carbocycles. The Morgan fingerprint density at radius 3 is 2.76 bits per heavy atom. The highest BCUT2D eigenvalue weighted by molar-refractivity contribution is 7.10. The van der Waals surface area contributed by atoms with Gasteiger partial charge in [-0.05, 0) is 36.1 Å². The molecule has 0 saturated carbocycles. The highest BCUT2D eigenvalue weighted by Gasteiger charge is 2.22. The quantitative estimate of drug-likeness (QED) is 0.610. The van der Waals surface area contributed by atoms with Crippen LogP contribution >= 0.6 is 22.9 Å². The summed E-state index contributed by atoms with van der Waals surface area (Å²) in [6.07, 6.45) is 1.96. The molecular weight excluding hydrogens is 408 g/mol. The van der Waals surface area contributed by atoms with Gasteiger partial charge in [0.1, 0.15) is 17.9 Å². The fraction of sp³-hybridized carbons (Fsp3) is 0.286. The molecule has 2 aromatic heterocycles. The van der Waals surface area contributed by atoms with E-state index in [4.69, 9.17) is 16.3 Å². The Morgan fingerprint density at radius 2 is 2.00 bits per heavy atom. The number of aromatic nitrogens is 2. The largest absolute Gasteiger partial charge is 0.437 e. The Hall–Kier alpha value is -2.64. The summed E-state index contributed by atoms with van der Waals surface area (Å²) in [5, 5.41) is 2.54. The molecule has 0 spiro atoms. The van der Waals surface area contributed by atoms with E-state index in [-0.39, 0.29) is 5.91 Å². The van der Waals surface area contributed by atoms with E-state index < -0.39 is 0 Å². The number of thiophene rings is 1.